The molecule has 0 unspecified atom stereocenters. The van der Waals surface area contributed by atoms with Crippen molar-refractivity contribution in [3.05, 3.63) is 28.2 Å². The Morgan fingerprint density at radius 1 is 1.28 bits per heavy atom. The Hall–Kier alpha value is -0.550. The Balaban J connectivity index is 2.66. The molecule has 0 radical (unpaired) electrons. The summed E-state index contributed by atoms with van der Waals surface area (Å²) in [5, 5.41) is 3.17. The number of nitrogens with one attached hydrogen (secondary N) is 1. The Bertz CT molecular complexity index is 518. The van der Waals surface area contributed by atoms with Gasteiger partial charge in [-0.3, -0.25) is 0 Å². The van der Waals surface area contributed by atoms with Crippen LogP contribution in [0.5, 0.6) is 0 Å². The van der Waals surface area contributed by atoms with E-state index in [0.717, 1.165) is 15.7 Å². The molecule has 102 valence electrons. The van der Waals surface area contributed by atoms with Crippen molar-refractivity contribution >= 4 is 31.5 Å². The Kier molecular flexibility index (Phi) is 4.84. The lowest BCUT2D eigenvalue weighted by Gasteiger charge is -2.19. The van der Waals surface area contributed by atoms with Gasteiger partial charge < -0.3 is 5.32 Å². The largest absolute Gasteiger partial charge is 0.384 e. The van der Waals surface area contributed by atoms with Crippen molar-refractivity contribution < 1.29 is 8.42 Å². The van der Waals surface area contributed by atoms with Crippen LogP contribution in [0.4, 0.5) is 5.69 Å². The first-order valence-corrected chi connectivity index (χ1v) is 8.31. The molecule has 1 aromatic carbocycles. The maximum atomic E-state index is 11.9. The third-order valence-corrected chi connectivity index (χ3v) is 6.35. The zero-order valence-electron chi connectivity index (χ0n) is 11.2. The van der Waals surface area contributed by atoms with Crippen LogP contribution in [0.3, 0.4) is 0 Å². The maximum Gasteiger partial charge on any atom is 0.156 e. The highest BCUT2D eigenvalue weighted by Gasteiger charge is 2.28. The second kappa shape index (κ2) is 5.61. The van der Waals surface area contributed by atoms with Gasteiger partial charge in [0, 0.05) is 16.7 Å². The number of hydrogen-bond acceptors (Lipinski definition) is 3. The standard InChI is InChI=1S/C13H20BrNO2S/c1-10-11(14)6-5-7-12(10)15-8-9-18(16,17)13(2,3)4/h5-7,15H,8-9H2,1-4H3. The molecule has 1 N–H and O–H groups in total. The van der Waals surface area contributed by atoms with E-state index in [9.17, 15) is 8.42 Å². The van der Waals surface area contributed by atoms with Gasteiger partial charge >= 0.3 is 0 Å². The zero-order valence-corrected chi connectivity index (χ0v) is 13.7. The van der Waals surface area contributed by atoms with Gasteiger partial charge in [0.15, 0.2) is 9.84 Å². The molecule has 0 fully saturated rings. The van der Waals surface area contributed by atoms with E-state index >= 15 is 0 Å². The molecule has 0 saturated heterocycles. The van der Waals surface area contributed by atoms with E-state index in [1.807, 2.05) is 25.1 Å². The maximum absolute atomic E-state index is 11.9. The predicted octanol–water partition coefficient (Wildman–Crippen LogP) is 3.38. The molecular formula is C13H20BrNO2S. The molecule has 0 aromatic heterocycles. The average molecular weight is 334 g/mol. The molecule has 5 heteroatoms. The summed E-state index contributed by atoms with van der Waals surface area (Å²) in [5.41, 5.74) is 2.05. The van der Waals surface area contributed by atoms with Crippen molar-refractivity contribution in [2.24, 2.45) is 0 Å². The van der Waals surface area contributed by atoms with Crippen LogP contribution in [0.1, 0.15) is 26.3 Å². The molecule has 0 atom stereocenters. The SMILES string of the molecule is Cc1c(Br)cccc1NCCS(=O)(=O)C(C)(C)C. The highest BCUT2D eigenvalue weighted by molar-refractivity contribution is 9.10. The van der Waals surface area contributed by atoms with Crippen LogP contribution in [0, 0.1) is 6.92 Å². The summed E-state index contributed by atoms with van der Waals surface area (Å²) < 4.78 is 24.2. The predicted molar refractivity (Wildman–Crippen MR) is 80.9 cm³/mol. The number of halogens is 1. The van der Waals surface area contributed by atoms with Gasteiger partial charge in [0.2, 0.25) is 0 Å². The normalized spacial score (nSPS) is 12.5. The Labute approximate surface area is 118 Å². The number of rotatable bonds is 4. The smallest absolute Gasteiger partial charge is 0.156 e. The topological polar surface area (TPSA) is 46.2 Å². The van der Waals surface area contributed by atoms with E-state index in [2.05, 4.69) is 21.2 Å². The molecular weight excluding hydrogens is 314 g/mol. The van der Waals surface area contributed by atoms with Gasteiger partial charge in [-0.1, -0.05) is 22.0 Å². The van der Waals surface area contributed by atoms with E-state index in [1.54, 1.807) is 20.8 Å². The first kappa shape index (κ1) is 15.5. The number of hydrogen-bond donors (Lipinski definition) is 1. The van der Waals surface area contributed by atoms with Crippen LogP contribution in [-0.2, 0) is 9.84 Å². The zero-order chi connectivity index (χ0) is 14.0. The highest BCUT2D eigenvalue weighted by atomic mass is 79.9. The van der Waals surface area contributed by atoms with Gasteiger partial charge in [0.1, 0.15) is 0 Å². The fourth-order valence-electron chi connectivity index (χ4n) is 1.43. The van der Waals surface area contributed by atoms with Gasteiger partial charge in [-0.15, -0.1) is 0 Å². The summed E-state index contributed by atoms with van der Waals surface area (Å²) in [5.74, 6) is 0.141. The second-order valence-corrected chi connectivity index (χ2v) is 8.99. The van der Waals surface area contributed by atoms with Gasteiger partial charge in [0.25, 0.3) is 0 Å². The summed E-state index contributed by atoms with van der Waals surface area (Å²) in [7, 11) is -3.07. The fourth-order valence-corrected chi connectivity index (χ4v) is 2.77. The van der Waals surface area contributed by atoms with E-state index in [1.165, 1.54) is 0 Å². The third-order valence-electron chi connectivity index (χ3n) is 2.89. The van der Waals surface area contributed by atoms with Gasteiger partial charge in [0.05, 0.1) is 10.5 Å². The minimum atomic E-state index is -3.07. The minimum Gasteiger partial charge on any atom is -0.384 e. The summed E-state index contributed by atoms with van der Waals surface area (Å²) in [6.07, 6.45) is 0. The summed E-state index contributed by atoms with van der Waals surface area (Å²) in [4.78, 5) is 0. The molecule has 0 aliphatic rings. The van der Waals surface area contributed by atoms with Crippen molar-refractivity contribution in [2.45, 2.75) is 32.4 Å². The molecule has 0 saturated carbocycles. The van der Waals surface area contributed by atoms with Crippen LogP contribution in [0.15, 0.2) is 22.7 Å². The first-order valence-electron chi connectivity index (χ1n) is 5.86. The van der Waals surface area contributed by atoms with Crippen LogP contribution >= 0.6 is 15.9 Å². The Morgan fingerprint density at radius 2 is 1.89 bits per heavy atom. The Morgan fingerprint density at radius 3 is 2.44 bits per heavy atom. The van der Waals surface area contributed by atoms with E-state index in [4.69, 9.17) is 0 Å². The fraction of sp³-hybridized carbons (Fsp3) is 0.538. The van der Waals surface area contributed by atoms with Gasteiger partial charge in [-0.25, -0.2) is 8.42 Å². The van der Waals surface area contributed by atoms with Crippen LogP contribution in [-0.4, -0.2) is 25.5 Å². The van der Waals surface area contributed by atoms with Crippen LogP contribution in [0.25, 0.3) is 0 Å². The molecule has 0 aliphatic carbocycles. The summed E-state index contributed by atoms with van der Waals surface area (Å²) in [6.45, 7) is 7.60. The van der Waals surface area contributed by atoms with Crippen molar-refractivity contribution in [2.75, 3.05) is 17.6 Å². The summed E-state index contributed by atoms with van der Waals surface area (Å²) >= 11 is 3.45. The van der Waals surface area contributed by atoms with E-state index in [0.29, 0.717) is 6.54 Å². The van der Waals surface area contributed by atoms with Crippen molar-refractivity contribution in [3.8, 4) is 0 Å². The van der Waals surface area contributed by atoms with Crippen molar-refractivity contribution in [1.82, 2.24) is 0 Å². The monoisotopic (exact) mass is 333 g/mol. The van der Waals surface area contributed by atoms with Crippen LogP contribution in [0.2, 0.25) is 0 Å². The molecule has 0 amide bonds. The van der Waals surface area contributed by atoms with Crippen molar-refractivity contribution in [3.63, 3.8) is 0 Å². The van der Waals surface area contributed by atoms with Gasteiger partial charge in [-0.05, 0) is 45.4 Å². The number of sulfone groups is 1. The molecule has 1 aromatic rings. The number of anilines is 1. The highest BCUT2D eigenvalue weighted by Crippen LogP contribution is 2.23. The molecule has 0 bridgehead atoms. The summed E-state index contributed by atoms with van der Waals surface area (Å²) in [6, 6.07) is 5.84. The number of benzene rings is 1. The second-order valence-electron chi connectivity index (χ2n) is 5.27. The molecule has 1 rings (SSSR count). The lowest BCUT2D eigenvalue weighted by atomic mass is 10.2. The molecule has 0 aliphatic heterocycles. The lowest BCUT2D eigenvalue weighted by molar-refractivity contribution is 0.560. The minimum absolute atomic E-state index is 0.141. The van der Waals surface area contributed by atoms with Gasteiger partial charge in [-0.2, -0.15) is 0 Å². The molecule has 0 spiro atoms. The average Bonchev–Trinajstić information content (AvgIpc) is 2.22. The quantitative estimate of drug-likeness (QED) is 0.918. The molecule has 3 nitrogen and oxygen atoms in total. The van der Waals surface area contributed by atoms with E-state index < -0.39 is 14.6 Å². The molecule has 0 heterocycles. The van der Waals surface area contributed by atoms with Crippen LogP contribution < -0.4 is 5.32 Å². The first-order chi connectivity index (χ1) is 8.15. The molecule has 18 heavy (non-hydrogen) atoms. The van der Waals surface area contributed by atoms with Crippen molar-refractivity contribution in [1.29, 1.82) is 0 Å². The lowest BCUT2D eigenvalue weighted by Crippen LogP contribution is -2.32. The van der Waals surface area contributed by atoms with E-state index in [-0.39, 0.29) is 5.75 Å². The third kappa shape index (κ3) is 3.72.